The predicted molar refractivity (Wildman–Crippen MR) is 137 cm³/mol. The number of hydrogen-bond acceptors (Lipinski definition) is 5. The Hall–Kier alpha value is -2.90. The molecular formula is C28H39N5O3. The molecule has 1 N–H and O–H groups in total. The van der Waals surface area contributed by atoms with Gasteiger partial charge in [0.15, 0.2) is 5.69 Å². The number of amides is 2. The first-order chi connectivity index (χ1) is 17.5. The number of aromatic nitrogens is 3. The molecule has 1 saturated heterocycles. The number of aryl methyl sites for hydroxylation is 2. The normalized spacial score (nSPS) is 22.9. The third kappa shape index (κ3) is 6.08. The summed E-state index contributed by atoms with van der Waals surface area (Å²) < 4.78 is 8.19. The van der Waals surface area contributed by atoms with Gasteiger partial charge < -0.3 is 15.0 Å². The highest BCUT2D eigenvalue weighted by Crippen LogP contribution is 2.42. The van der Waals surface area contributed by atoms with Crippen molar-refractivity contribution < 1.29 is 14.3 Å². The maximum atomic E-state index is 13.4. The van der Waals surface area contributed by atoms with Gasteiger partial charge in [0, 0.05) is 56.1 Å². The maximum Gasteiger partial charge on any atom is 0.274 e. The molecule has 2 aromatic heterocycles. The van der Waals surface area contributed by atoms with Crippen LogP contribution in [0.4, 0.5) is 0 Å². The van der Waals surface area contributed by atoms with Crippen LogP contribution in [0.3, 0.4) is 0 Å². The lowest BCUT2D eigenvalue weighted by Gasteiger charge is -2.32. The average molecular weight is 494 g/mol. The van der Waals surface area contributed by atoms with E-state index in [0.717, 1.165) is 81.3 Å². The highest BCUT2D eigenvalue weighted by atomic mass is 16.5. The molecule has 0 atom stereocenters. The Morgan fingerprint density at radius 1 is 1.08 bits per heavy atom. The fourth-order valence-corrected chi connectivity index (χ4v) is 5.68. The molecule has 1 aliphatic heterocycles. The lowest BCUT2D eigenvalue weighted by Crippen LogP contribution is -2.46. The van der Waals surface area contributed by atoms with Crippen molar-refractivity contribution in [1.82, 2.24) is 25.0 Å². The quantitative estimate of drug-likeness (QED) is 0.594. The van der Waals surface area contributed by atoms with Gasteiger partial charge in [-0.3, -0.25) is 14.3 Å². The number of carbonyl (C=O) groups excluding carboxylic acids is 2. The van der Waals surface area contributed by atoms with E-state index in [1.54, 1.807) is 13.1 Å². The second kappa shape index (κ2) is 11.0. The zero-order chi connectivity index (χ0) is 25.1. The second-order valence-corrected chi connectivity index (χ2v) is 10.9. The van der Waals surface area contributed by atoms with Gasteiger partial charge in [0.05, 0.1) is 0 Å². The van der Waals surface area contributed by atoms with E-state index in [9.17, 15) is 9.59 Å². The Morgan fingerprint density at radius 3 is 2.50 bits per heavy atom. The number of piperidine rings is 1. The molecule has 2 amide bonds. The number of pyridine rings is 1. The van der Waals surface area contributed by atoms with Crippen molar-refractivity contribution in [2.24, 2.45) is 5.92 Å². The molecule has 3 aliphatic rings. The zero-order valence-corrected chi connectivity index (χ0v) is 21.6. The number of nitrogens with zero attached hydrogens (tertiary/aromatic N) is 4. The summed E-state index contributed by atoms with van der Waals surface area (Å²) in [6, 6.07) is 4.15. The molecule has 2 aliphatic carbocycles. The van der Waals surface area contributed by atoms with Crippen LogP contribution in [-0.4, -0.2) is 56.7 Å². The lowest BCUT2D eigenvalue weighted by atomic mass is 9.85. The van der Waals surface area contributed by atoms with E-state index in [4.69, 9.17) is 9.84 Å². The third-order valence-electron chi connectivity index (χ3n) is 8.00. The smallest absolute Gasteiger partial charge is 0.274 e. The first kappa shape index (κ1) is 24.8. The van der Waals surface area contributed by atoms with Crippen molar-refractivity contribution in [1.29, 1.82) is 0 Å². The summed E-state index contributed by atoms with van der Waals surface area (Å²) in [7, 11) is 0. The fourth-order valence-electron chi connectivity index (χ4n) is 5.68. The molecule has 0 spiro atoms. The third-order valence-corrected chi connectivity index (χ3v) is 8.00. The first-order valence-electron chi connectivity index (χ1n) is 13.7. The monoisotopic (exact) mass is 493 g/mol. The van der Waals surface area contributed by atoms with Crippen LogP contribution in [0.15, 0.2) is 24.5 Å². The number of nitrogens with one attached hydrogen (secondary N) is 1. The molecule has 2 saturated carbocycles. The number of ether oxygens (including phenoxy) is 1. The highest BCUT2D eigenvalue weighted by molar-refractivity contribution is 5.94. The Balaban J connectivity index is 1.13. The van der Waals surface area contributed by atoms with Gasteiger partial charge in [0.2, 0.25) is 11.8 Å². The molecule has 3 fully saturated rings. The van der Waals surface area contributed by atoms with Gasteiger partial charge >= 0.3 is 0 Å². The van der Waals surface area contributed by atoms with E-state index in [-0.39, 0.29) is 24.0 Å². The van der Waals surface area contributed by atoms with Gasteiger partial charge in [-0.05, 0) is 82.6 Å². The van der Waals surface area contributed by atoms with E-state index in [0.29, 0.717) is 30.6 Å². The predicted octanol–water partition coefficient (Wildman–Crippen LogP) is 4.23. The van der Waals surface area contributed by atoms with Crippen LogP contribution < -0.4 is 10.1 Å². The zero-order valence-electron chi connectivity index (χ0n) is 21.6. The Kier molecular flexibility index (Phi) is 7.58. The molecule has 36 heavy (non-hydrogen) atoms. The summed E-state index contributed by atoms with van der Waals surface area (Å²) in [5.74, 6) is 1.97. The van der Waals surface area contributed by atoms with Crippen LogP contribution >= 0.6 is 0 Å². The Bertz CT molecular complexity index is 1060. The number of hydrogen-bond donors (Lipinski definition) is 1. The molecule has 2 aromatic rings. The SMILES string of the molecule is CC(=O)NC1CCN(C(=O)c2nn(CCC3CCC(Oc4ncccc4C)CC3)cc2C2CC2)CC1. The van der Waals surface area contributed by atoms with E-state index in [1.807, 2.05) is 28.6 Å². The average Bonchev–Trinajstić information content (AvgIpc) is 3.64. The van der Waals surface area contributed by atoms with Crippen molar-refractivity contribution >= 4 is 11.8 Å². The summed E-state index contributed by atoms with van der Waals surface area (Å²) in [4.78, 5) is 31.0. The topological polar surface area (TPSA) is 89.4 Å². The van der Waals surface area contributed by atoms with Gasteiger partial charge in [-0.2, -0.15) is 5.10 Å². The van der Waals surface area contributed by atoms with Gasteiger partial charge in [-0.25, -0.2) is 4.98 Å². The van der Waals surface area contributed by atoms with E-state index in [2.05, 4.69) is 16.5 Å². The van der Waals surface area contributed by atoms with Crippen molar-refractivity contribution in [2.45, 2.75) is 96.2 Å². The summed E-state index contributed by atoms with van der Waals surface area (Å²) in [6.45, 7) is 5.79. The van der Waals surface area contributed by atoms with Crippen LogP contribution in [-0.2, 0) is 11.3 Å². The molecule has 0 radical (unpaired) electrons. The van der Waals surface area contributed by atoms with Crippen LogP contribution in [0.5, 0.6) is 5.88 Å². The van der Waals surface area contributed by atoms with E-state index in [1.165, 1.54) is 0 Å². The molecular weight excluding hydrogens is 454 g/mol. The lowest BCUT2D eigenvalue weighted by molar-refractivity contribution is -0.119. The standard InChI is InChI=1S/C28H39N5O3/c1-19-4-3-14-29-27(19)36-24-9-5-21(6-10-24)11-17-33-18-25(22-7-8-22)26(31-33)28(35)32-15-12-23(13-16-32)30-20(2)34/h3-4,14,18,21-24H,5-13,15-17H2,1-2H3,(H,30,34). The molecule has 8 nitrogen and oxygen atoms in total. The summed E-state index contributed by atoms with van der Waals surface area (Å²) in [6.07, 6.45) is 13.6. The maximum absolute atomic E-state index is 13.4. The minimum Gasteiger partial charge on any atom is -0.474 e. The number of likely N-dealkylation sites (tertiary alicyclic amines) is 1. The van der Waals surface area contributed by atoms with Crippen LogP contribution in [0.2, 0.25) is 0 Å². The summed E-state index contributed by atoms with van der Waals surface area (Å²) in [5, 5.41) is 7.78. The first-order valence-corrected chi connectivity index (χ1v) is 13.7. The van der Waals surface area contributed by atoms with Crippen LogP contribution in [0, 0.1) is 12.8 Å². The number of carbonyl (C=O) groups is 2. The minimum atomic E-state index is -0.00106. The van der Waals surface area contributed by atoms with Gasteiger partial charge in [-0.1, -0.05) is 6.07 Å². The van der Waals surface area contributed by atoms with Crippen LogP contribution in [0.1, 0.15) is 92.2 Å². The van der Waals surface area contributed by atoms with E-state index >= 15 is 0 Å². The minimum absolute atomic E-state index is 0.00106. The molecule has 8 heteroatoms. The van der Waals surface area contributed by atoms with Gasteiger partial charge in [0.1, 0.15) is 6.10 Å². The second-order valence-electron chi connectivity index (χ2n) is 10.9. The molecule has 0 unspecified atom stereocenters. The van der Waals surface area contributed by atoms with Crippen molar-refractivity contribution in [2.75, 3.05) is 13.1 Å². The Morgan fingerprint density at radius 2 is 1.83 bits per heavy atom. The largest absolute Gasteiger partial charge is 0.474 e. The van der Waals surface area contributed by atoms with Gasteiger partial charge in [0.25, 0.3) is 5.91 Å². The molecule has 5 rings (SSSR count). The van der Waals surface area contributed by atoms with Crippen molar-refractivity contribution in [3.05, 3.63) is 41.3 Å². The number of rotatable bonds is 8. The summed E-state index contributed by atoms with van der Waals surface area (Å²) >= 11 is 0. The molecule has 194 valence electrons. The molecule has 0 aromatic carbocycles. The summed E-state index contributed by atoms with van der Waals surface area (Å²) in [5.41, 5.74) is 2.87. The van der Waals surface area contributed by atoms with Crippen molar-refractivity contribution in [3.8, 4) is 5.88 Å². The Labute approximate surface area is 213 Å². The van der Waals surface area contributed by atoms with Crippen LogP contribution in [0.25, 0.3) is 0 Å². The fraction of sp³-hybridized carbons (Fsp3) is 0.643. The highest BCUT2D eigenvalue weighted by Gasteiger charge is 2.34. The molecule has 3 heterocycles. The van der Waals surface area contributed by atoms with Crippen molar-refractivity contribution in [3.63, 3.8) is 0 Å². The van der Waals surface area contributed by atoms with Gasteiger partial charge in [-0.15, -0.1) is 0 Å². The molecule has 0 bridgehead atoms. The van der Waals surface area contributed by atoms with E-state index < -0.39 is 0 Å².